The van der Waals surface area contributed by atoms with Crippen LogP contribution in [0.5, 0.6) is 0 Å². The van der Waals surface area contributed by atoms with Crippen LogP contribution in [-0.2, 0) is 4.79 Å². The molecule has 1 aliphatic heterocycles. The van der Waals surface area contributed by atoms with Crippen LogP contribution in [-0.4, -0.2) is 12.5 Å². The normalized spacial score (nSPS) is 25.9. The molecule has 0 aliphatic carbocycles. The Morgan fingerprint density at radius 1 is 1.55 bits per heavy atom. The third-order valence-electron chi connectivity index (χ3n) is 2.29. The molecule has 0 aromatic carbocycles. The molecule has 0 aromatic heterocycles. The molecule has 0 saturated carbocycles. The second-order valence-corrected chi connectivity index (χ2v) is 3.27. The molecule has 0 unspecified atom stereocenters. The Kier molecular flexibility index (Phi) is 3.40. The topological polar surface area (TPSA) is 29.1 Å². The summed E-state index contributed by atoms with van der Waals surface area (Å²) < 4.78 is 0. The standard InChI is InChI=1S/C9H17NO/c1-2-5-8-6-3-4-7-10-9(8)11/h8H,2-7H2,1H3,(H,10,11)/t8-/m0/s1. The minimum Gasteiger partial charge on any atom is -0.356 e. The third kappa shape index (κ3) is 2.52. The van der Waals surface area contributed by atoms with Crippen molar-refractivity contribution in [2.75, 3.05) is 6.54 Å². The van der Waals surface area contributed by atoms with E-state index >= 15 is 0 Å². The van der Waals surface area contributed by atoms with E-state index in [0.29, 0.717) is 5.92 Å². The molecule has 64 valence electrons. The second kappa shape index (κ2) is 4.37. The Balaban J connectivity index is 2.39. The first kappa shape index (κ1) is 8.57. The number of hydrogen-bond acceptors (Lipinski definition) is 1. The van der Waals surface area contributed by atoms with Crippen LogP contribution in [0.4, 0.5) is 0 Å². The summed E-state index contributed by atoms with van der Waals surface area (Å²) in [6, 6.07) is 0. The lowest BCUT2D eigenvalue weighted by atomic mass is 9.98. The SMILES string of the molecule is CCC[C@H]1CCCCNC1=O. The van der Waals surface area contributed by atoms with Gasteiger partial charge in [0.05, 0.1) is 0 Å². The van der Waals surface area contributed by atoms with E-state index in [1.165, 1.54) is 6.42 Å². The molecular formula is C9H17NO. The van der Waals surface area contributed by atoms with Gasteiger partial charge >= 0.3 is 0 Å². The van der Waals surface area contributed by atoms with Gasteiger partial charge in [0.2, 0.25) is 5.91 Å². The number of amides is 1. The van der Waals surface area contributed by atoms with Gasteiger partial charge in [0.25, 0.3) is 0 Å². The zero-order chi connectivity index (χ0) is 8.10. The molecule has 1 fully saturated rings. The van der Waals surface area contributed by atoms with Gasteiger partial charge in [0.15, 0.2) is 0 Å². The van der Waals surface area contributed by atoms with E-state index in [9.17, 15) is 4.79 Å². The van der Waals surface area contributed by atoms with Gasteiger partial charge in [-0.25, -0.2) is 0 Å². The fourth-order valence-corrected chi connectivity index (χ4v) is 1.63. The summed E-state index contributed by atoms with van der Waals surface area (Å²) >= 11 is 0. The van der Waals surface area contributed by atoms with Crippen molar-refractivity contribution >= 4 is 5.91 Å². The Morgan fingerprint density at radius 3 is 3.09 bits per heavy atom. The van der Waals surface area contributed by atoms with Gasteiger partial charge in [-0.15, -0.1) is 0 Å². The summed E-state index contributed by atoms with van der Waals surface area (Å²) in [4.78, 5) is 11.3. The van der Waals surface area contributed by atoms with Crippen molar-refractivity contribution in [3.05, 3.63) is 0 Å². The molecule has 0 bridgehead atoms. The molecule has 2 heteroatoms. The van der Waals surface area contributed by atoms with Crippen LogP contribution in [0.15, 0.2) is 0 Å². The summed E-state index contributed by atoms with van der Waals surface area (Å²) in [6.45, 7) is 3.03. The third-order valence-corrected chi connectivity index (χ3v) is 2.29. The van der Waals surface area contributed by atoms with E-state index in [1.54, 1.807) is 0 Å². The maximum atomic E-state index is 11.3. The average Bonchev–Trinajstić information content (AvgIpc) is 2.18. The van der Waals surface area contributed by atoms with Gasteiger partial charge in [0, 0.05) is 12.5 Å². The molecule has 11 heavy (non-hydrogen) atoms. The highest BCUT2D eigenvalue weighted by Crippen LogP contribution is 2.17. The zero-order valence-electron chi connectivity index (χ0n) is 7.23. The van der Waals surface area contributed by atoms with E-state index in [4.69, 9.17) is 0 Å². The number of nitrogens with one attached hydrogen (secondary N) is 1. The molecule has 0 aromatic rings. The number of carbonyl (C=O) groups excluding carboxylic acids is 1. The van der Waals surface area contributed by atoms with Crippen LogP contribution in [0.1, 0.15) is 39.0 Å². The predicted molar refractivity (Wildman–Crippen MR) is 45.3 cm³/mol. The highest BCUT2D eigenvalue weighted by molar-refractivity contribution is 5.78. The molecule has 0 spiro atoms. The smallest absolute Gasteiger partial charge is 0.223 e. The van der Waals surface area contributed by atoms with Crippen LogP contribution in [0.3, 0.4) is 0 Å². The Bertz CT molecular complexity index is 134. The fraction of sp³-hybridized carbons (Fsp3) is 0.889. The molecule has 1 aliphatic rings. The van der Waals surface area contributed by atoms with Crippen molar-refractivity contribution in [1.82, 2.24) is 5.32 Å². The van der Waals surface area contributed by atoms with Crippen LogP contribution in [0.25, 0.3) is 0 Å². The summed E-state index contributed by atoms with van der Waals surface area (Å²) in [5.74, 6) is 0.590. The lowest BCUT2D eigenvalue weighted by Crippen LogP contribution is -2.28. The minimum absolute atomic E-state index is 0.282. The van der Waals surface area contributed by atoms with Crippen molar-refractivity contribution in [3.63, 3.8) is 0 Å². The maximum absolute atomic E-state index is 11.3. The summed E-state index contributed by atoms with van der Waals surface area (Å²) in [5.41, 5.74) is 0. The van der Waals surface area contributed by atoms with E-state index < -0.39 is 0 Å². The van der Waals surface area contributed by atoms with E-state index in [1.807, 2.05) is 0 Å². The number of hydrogen-bond donors (Lipinski definition) is 1. The van der Waals surface area contributed by atoms with Crippen molar-refractivity contribution in [2.24, 2.45) is 5.92 Å². The molecule has 1 N–H and O–H groups in total. The van der Waals surface area contributed by atoms with Crippen molar-refractivity contribution in [2.45, 2.75) is 39.0 Å². The maximum Gasteiger partial charge on any atom is 0.223 e. The first-order valence-corrected chi connectivity index (χ1v) is 4.62. The minimum atomic E-state index is 0.282. The van der Waals surface area contributed by atoms with Crippen LogP contribution in [0.2, 0.25) is 0 Å². The Labute approximate surface area is 68.4 Å². The average molecular weight is 155 g/mol. The highest BCUT2D eigenvalue weighted by Gasteiger charge is 2.18. The van der Waals surface area contributed by atoms with E-state index in [-0.39, 0.29) is 5.91 Å². The lowest BCUT2D eigenvalue weighted by Gasteiger charge is -2.10. The molecule has 1 rings (SSSR count). The predicted octanol–water partition coefficient (Wildman–Crippen LogP) is 1.70. The summed E-state index contributed by atoms with van der Waals surface area (Å²) in [6.07, 6.45) is 5.65. The van der Waals surface area contributed by atoms with Crippen molar-refractivity contribution in [1.29, 1.82) is 0 Å². The summed E-state index contributed by atoms with van der Waals surface area (Å²) in [5, 5.41) is 2.94. The second-order valence-electron chi connectivity index (χ2n) is 3.27. The van der Waals surface area contributed by atoms with E-state index in [2.05, 4.69) is 12.2 Å². The molecular weight excluding hydrogens is 138 g/mol. The molecule has 1 amide bonds. The van der Waals surface area contributed by atoms with E-state index in [0.717, 1.165) is 32.2 Å². The van der Waals surface area contributed by atoms with Gasteiger partial charge < -0.3 is 5.32 Å². The molecule has 1 heterocycles. The Hall–Kier alpha value is -0.530. The fourth-order valence-electron chi connectivity index (χ4n) is 1.63. The van der Waals surface area contributed by atoms with Gasteiger partial charge in [-0.1, -0.05) is 19.8 Å². The van der Waals surface area contributed by atoms with Gasteiger partial charge in [-0.05, 0) is 19.3 Å². The monoisotopic (exact) mass is 155 g/mol. The molecule has 1 saturated heterocycles. The quantitative estimate of drug-likeness (QED) is 0.646. The van der Waals surface area contributed by atoms with Crippen molar-refractivity contribution in [3.8, 4) is 0 Å². The first-order chi connectivity index (χ1) is 5.34. The lowest BCUT2D eigenvalue weighted by molar-refractivity contribution is -0.124. The highest BCUT2D eigenvalue weighted by atomic mass is 16.1. The molecule has 2 nitrogen and oxygen atoms in total. The van der Waals surface area contributed by atoms with Crippen LogP contribution in [0, 0.1) is 5.92 Å². The van der Waals surface area contributed by atoms with Gasteiger partial charge in [-0.2, -0.15) is 0 Å². The molecule has 0 radical (unpaired) electrons. The Morgan fingerprint density at radius 2 is 2.36 bits per heavy atom. The van der Waals surface area contributed by atoms with Crippen LogP contribution < -0.4 is 5.32 Å². The van der Waals surface area contributed by atoms with Crippen LogP contribution >= 0.6 is 0 Å². The number of rotatable bonds is 2. The van der Waals surface area contributed by atoms with Crippen molar-refractivity contribution < 1.29 is 4.79 Å². The number of carbonyl (C=O) groups is 1. The van der Waals surface area contributed by atoms with Gasteiger partial charge in [-0.3, -0.25) is 4.79 Å². The summed E-state index contributed by atoms with van der Waals surface area (Å²) in [7, 11) is 0. The zero-order valence-corrected chi connectivity index (χ0v) is 7.23. The largest absolute Gasteiger partial charge is 0.356 e. The van der Waals surface area contributed by atoms with Gasteiger partial charge in [0.1, 0.15) is 0 Å². The molecule has 1 atom stereocenters. The first-order valence-electron chi connectivity index (χ1n) is 4.62.